The molecule has 1 aromatic heterocycles. The van der Waals surface area contributed by atoms with E-state index in [1.54, 1.807) is 48.5 Å². The molecule has 4 rings (SSSR count). The van der Waals surface area contributed by atoms with E-state index in [0.717, 1.165) is 23.3 Å². The lowest BCUT2D eigenvalue weighted by molar-refractivity contribution is 0.102. The molecule has 0 aliphatic heterocycles. The largest absolute Gasteiger partial charge is 0.397 e. The number of nitrogen functional groups attached to an aromatic ring is 1. The van der Waals surface area contributed by atoms with Crippen LogP contribution in [0, 0.1) is 5.82 Å². The van der Waals surface area contributed by atoms with Crippen molar-refractivity contribution < 1.29 is 14.0 Å². The van der Waals surface area contributed by atoms with Gasteiger partial charge in [0.1, 0.15) is 15.7 Å². The van der Waals surface area contributed by atoms with Crippen LogP contribution >= 0.6 is 22.9 Å². The Morgan fingerprint density at radius 3 is 2.26 bits per heavy atom. The number of aryl methyl sites for hydroxylation is 1. The predicted molar refractivity (Wildman–Crippen MR) is 137 cm³/mol. The number of hydrogen-bond donors (Lipinski definition) is 3. The van der Waals surface area contributed by atoms with Gasteiger partial charge >= 0.3 is 0 Å². The Balaban J connectivity index is 1.76. The quantitative estimate of drug-likeness (QED) is 0.244. The minimum Gasteiger partial charge on any atom is -0.397 e. The van der Waals surface area contributed by atoms with Crippen molar-refractivity contribution in [3.8, 4) is 0 Å². The number of carbonyl (C=O) groups is 2. The number of hydrogen-bond acceptors (Lipinski definition) is 5. The van der Waals surface area contributed by atoms with Gasteiger partial charge in [-0.1, -0.05) is 67.1 Å². The molecule has 4 aromatic rings. The third kappa shape index (κ3) is 4.81. The zero-order chi connectivity index (χ0) is 24.2. The Morgan fingerprint density at radius 2 is 1.62 bits per heavy atom. The van der Waals surface area contributed by atoms with E-state index in [2.05, 4.69) is 10.6 Å². The lowest BCUT2D eigenvalue weighted by Crippen LogP contribution is -2.15. The molecule has 172 valence electrons. The Hall–Kier alpha value is -3.68. The van der Waals surface area contributed by atoms with Gasteiger partial charge in [-0.25, -0.2) is 4.39 Å². The fraction of sp³-hybridized carbons (Fsp3) is 0.0769. The van der Waals surface area contributed by atoms with E-state index in [0.29, 0.717) is 16.3 Å². The van der Waals surface area contributed by atoms with Crippen LogP contribution in [0.5, 0.6) is 0 Å². The smallest absolute Gasteiger partial charge is 0.260 e. The molecule has 1 heterocycles. The SMILES string of the molecule is CCc1ccc(C(=O)c2sc(Nc3ccccc3F)c(C(=O)Nc3ccccc3Cl)c2N)cc1. The number of nitrogens with one attached hydrogen (secondary N) is 2. The van der Waals surface area contributed by atoms with Crippen molar-refractivity contribution >= 4 is 56.7 Å². The second-order valence-electron chi connectivity index (χ2n) is 7.47. The van der Waals surface area contributed by atoms with Crippen LogP contribution in [0.15, 0.2) is 72.8 Å². The highest BCUT2D eigenvalue weighted by atomic mass is 35.5. The molecule has 8 heteroatoms. The number of ketones is 1. The number of rotatable bonds is 7. The van der Waals surface area contributed by atoms with Crippen LogP contribution in [-0.4, -0.2) is 11.7 Å². The zero-order valence-corrected chi connectivity index (χ0v) is 19.8. The number of benzene rings is 3. The Labute approximate surface area is 205 Å². The predicted octanol–water partition coefficient (Wildman–Crippen LogP) is 6.91. The average molecular weight is 494 g/mol. The van der Waals surface area contributed by atoms with Gasteiger partial charge in [-0.05, 0) is 36.2 Å². The summed E-state index contributed by atoms with van der Waals surface area (Å²) in [4.78, 5) is 26.7. The van der Waals surface area contributed by atoms with Crippen LogP contribution in [0.2, 0.25) is 5.02 Å². The fourth-order valence-corrected chi connectivity index (χ4v) is 4.66. The third-order valence-corrected chi connectivity index (χ3v) is 6.70. The molecule has 5 nitrogen and oxygen atoms in total. The summed E-state index contributed by atoms with van der Waals surface area (Å²) in [5, 5.41) is 6.25. The number of carbonyl (C=O) groups excluding carboxylic acids is 2. The molecule has 4 N–H and O–H groups in total. The van der Waals surface area contributed by atoms with Gasteiger partial charge in [0.25, 0.3) is 5.91 Å². The Kier molecular flexibility index (Phi) is 6.95. The number of nitrogens with two attached hydrogens (primary N) is 1. The van der Waals surface area contributed by atoms with E-state index in [9.17, 15) is 14.0 Å². The summed E-state index contributed by atoms with van der Waals surface area (Å²) in [6.45, 7) is 2.03. The maximum Gasteiger partial charge on any atom is 0.260 e. The van der Waals surface area contributed by atoms with Gasteiger partial charge in [-0.2, -0.15) is 0 Å². The monoisotopic (exact) mass is 493 g/mol. The van der Waals surface area contributed by atoms with E-state index in [-0.39, 0.29) is 32.6 Å². The van der Waals surface area contributed by atoms with Gasteiger partial charge in [0.05, 0.1) is 27.6 Å². The summed E-state index contributed by atoms with van der Waals surface area (Å²) >= 11 is 7.18. The van der Waals surface area contributed by atoms with E-state index >= 15 is 0 Å². The molecule has 0 saturated heterocycles. The van der Waals surface area contributed by atoms with Gasteiger partial charge in [-0.3, -0.25) is 9.59 Å². The molecule has 0 spiro atoms. The van der Waals surface area contributed by atoms with Gasteiger partial charge < -0.3 is 16.4 Å². The van der Waals surface area contributed by atoms with E-state index < -0.39 is 11.7 Å². The number of amides is 1. The third-order valence-electron chi connectivity index (χ3n) is 5.25. The minimum atomic E-state index is -0.568. The molecular weight excluding hydrogens is 473 g/mol. The van der Waals surface area contributed by atoms with Crippen molar-refractivity contribution in [2.45, 2.75) is 13.3 Å². The first kappa shape index (κ1) is 23.5. The molecular formula is C26H21ClFN3O2S. The molecule has 34 heavy (non-hydrogen) atoms. The van der Waals surface area contributed by atoms with Crippen molar-refractivity contribution in [1.82, 2.24) is 0 Å². The first-order valence-electron chi connectivity index (χ1n) is 10.5. The van der Waals surface area contributed by atoms with E-state index in [4.69, 9.17) is 17.3 Å². The summed E-state index contributed by atoms with van der Waals surface area (Å²) in [6.07, 6.45) is 0.846. The summed E-state index contributed by atoms with van der Waals surface area (Å²) < 4.78 is 14.3. The highest BCUT2D eigenvalue weighted by molar-refractivity contribution is 7.19. The Morgan fingerprint density at radius 1 is 0.971 bits per heavy atom. The molecule has 0 unspecified atom stereocenters. The number of halogens is 2. The van der Waals surface area contributed by atoms with Gasteiger partial charge in [0.2, 0.25) is 5.78 Å². The van der Waals surface area contributed by atoms with Gasteiger partial charge in [-0.15, -0.1) is 11.3 Å². The maximum atomic E-state index is 14.3. The van der Waals surface area contributed by atoms with Gasteiger partial charge in [0, 0.05) is 5.56 Å². The molecule has 0 aliphatic carbocycles. The van der Waals surface area contributed by atoms with Crippen LogP contribution in [-0.2, 0) is 6.42 Å². The van der Waals surface area contributed by atoms with Crippen LogP contribution in [0.25, 0.3) is 0 Å². The standard InChI is InChI=1S/C26H21ClFN3O2S/c1-2-15-11-13-16(14-12-15)23(32)24-22(29)21(25(33)30-19-9-5-3-7-17(19)27)26(34-24)31-20-10-6-4-8-18(20)28/h3-14,31H,2,29H2,1H3,(H,30,33). The highest BCUT2D eigenvalue weighted by Crippen LogP contribution is 2.40. The number of para-hydroxylation sites is 2. The second-order valence-corrected chi connectivity index (χ2v) is 8.90. The van der Waals surface area contributed by atoms with Crippen LogP contribution in [0.1, 0.15) is 38.1 Å². The topological polar surface area (TPSA) is 84.2 Å². The molecule has 0 radical (unpaired) electrons. The van der Waals surface area contributed by atoms with Gasteiger partial charge in [0.15, 0.2) is 0 Å². The van der Waals surface area contributed by atoms with Crippen LogP contribution in [0.4, 0.5) is 26.5 Å². The fourth-order valence-electron chi connectivity index (χ4n) is 3.38. The van der Waals surface area contributed by atoms with Crippen molar-refractivity contribution in [2.24, 2.45) is 0 Å². The average Bonchev–Trinajstić information content (AvgIpc) is 3.17. The number of thiophene rings is 1. The lowest BCUT2D eigenvalue weighted by atomic mass is 10.0. The summed E-state index contributed by atoms with van der Waals surface area (Å²) in [5.41, 5.74) is 8.48. The first-order chi connectivity index (χ1) is 16.4. The molecule has 3 aromatic carbocycles. The van der Waals surface area contributed by atoms with E-state index in [1.807, 2.05) is 19.1 Å². The molecule has 0 aliphatic rings. The van der Waals surface area contributed by atoms with Crippen LogP contribution in [0.3, 0.4) is 0 Å². The van der Waals surface area contributed by atoms with E-state index in [1.165, 1.54) is 12.1 Å². The molecule has 0 fully saturated rings. The molecule has 0 atom stereocenters. The molecule has 0 bridgehead atoms. The summed E-state index contributed by atoms with van der Waals surface area (Å²) in [7, 11) is 0. The molecule has 0 saturated carbocycles. The summed E-state index contributed by atoms with van der Waals surface area (Å²) in [5.74, 6) is -1.39. The highest BCUT2D eigenvalue weighted by Gasteiger charge is 2.27. The maximum absolute atomic E-state index is 14.3. The normalized spacial score (nSPS) is 10.7. The van der Waals surface area contributed by atoms with Crippen LogP contribution < -0.4 is 16.4 Å². The minimum absolute atomic E-state index is 0.0120. The first-order valence-corrected chi connectivity index (χ1v) is 11.7. The summed E-state index contributed by atoms with van der Waals surface area (Å²) in [6, 6.07) is 20.0. The van der Waals surface area contributed by atoms with Crippen molar-refractivity contribution in [3.05, 3.63) is 105 Å². The second kappa shape index (κ2) is 10.1. The lowest BCUT2D eigenvalue weighted by Gasteiger charge is -2.10. The van der Waals surface area contributed by atoms with Crippen molar-refractivity contribution in [3.63, 3.8) is 0 Å². The zero-order valence-electron chi connectivity index (χ0n) is 18.2. The Bertz CT molecular complexity index is 1370. The molecule has 1 amide bonds. The van der Waals surface area contributed by atoms with Crippen molar-refractivity contribution in [2.75, 3.05) is 16.4 Å². The van der Waals surface area contributed by atoms with Crippen molar-refractivity contribution in [1.29, 1.82) is 0 Å². The number of anilines is 4.